The number of nitrogens with zero attached hydrogens (tertiary/aromatic N) is 1. The summed E-state index contributed by atoms with van der Waals surface area (Å²) in [5.41, 5.74) is 1.23. The fraction of sp³-hybridized carbons (Fsp3) is 0.0714. The van der Waals surface area contributed by atoms with Gasteiger partial charge in [0.2, 0.25) is 0 Å². The van der Waals surface area contributed by atoms with Gasteiger partial charge in [0.1, 0.15) is 4.90 Å². The van der Waals surface area contributed by atoms with Gasteiger partial charge in [-0.05, 0) is 58.7 Å². The van der Waals surface area contributed by atoms with Crippen LogP contribution >= 0.6 is 27.5 Å². The Morgan fingerprint density at radius 1 is 1.24 bits per heavy atom. The van der Waals surface area contributed by atoms with Gasteiger partial charge in [-0.2, -0.15) is 13.7 Å². The maximum atomic E-state index is 12.3. The van der Waals surface area contributed by atoms with Gasteiger partial charge in [-0.25, -0.2) is 0 Å². The standard InChI is InChI=1S/C14H9BrClNO3S/c1-9-2-5-14(11(15)6-9)21(18,19)20-13-4-3-10(8-17)7-12(13)16/h2-7H,1H3. The quantitative estimate of drug-likeness (QED) is 0.746. The van der Waals surface area contributed by atoms with E-state index in [9.17, 15) is 8.42 Å². The summed E-state index contributed by atoms with van der Waals surface area (Å²) in [6, 6.07) is 10.8. The van der Waals surface area contributed by atoms with Crippen LogP contribution in [0.5, 0.6) is 5.75 Å². The molecule has 0 aliphatic rings. The van der Waals surface area contributed by atoms with E-state index in [1.807, 2.05) is 13.0 Å². The highest BCUT2D eigenvalue weighted by Crippen LogP contribution is 2.30. The molecule has 0 atom stereocenters. The van der Waals surface area contributed by atoms with Gasteiger partial charge in [-0.15, -0.1) is 0 Å². The Morgan fingerprint density at radius 3 is 2.52 bits per heavy atom. The third kappa shape index (κ3) is 3.56. The molecule has 7 heteroatoms. The molecule has 4 nitrogen and oxygen atoms in total. The Labute approximate surface area is 136 Å². The summed E-state index contributed by atoms with van der Waals surface area (Å²) < 4.78 is 30.0. The normalized spacial score (nSPS) is 11.0. The summed E-state index contributed by atoms with van der Waals surface area (Å²) in [5, 5.41) is 8.81. The minimum atomic E-state index is -4.02. The first-order valence-corrected chi connectivity index (χ1v) is 8.32. The van der Waals surface area contributed by atoms with Crippen LogP contribution in [0.3, 0.4) is 0 Å². The van der Waals surface area contributed by atoms with E-state index >= 15 is 0 Å². The maximum Gasteiger partial charge on any atom is 0.340 e. The molecule has 2 aromatic carbocycles. The number of hydrogen-bond acceptors (Lipinski definition) is 4. The van der Waals surface area contributed by atoms with E-state index in [-0.39, 0.29) is 15.7 Å². The van der Waals surface area contributed by atoms with E-state index in [4.69, 9.17) is 21.0 Å². The van der Waals surface area contributed by atoms with Gasteiger partial charge >= 0.3 is 10.1 Å². The van der Waals surface area contributed by atoms with Crippen LogP contribution in [0.2, 0.25) is 5.02 Å². The monoisotopic (exact) mass is 385 g/mol. The maximum absolute atomic E-state index is 12.3. The molecule has 2 rings (SSSR count). The molecule has 108 valence electrons. The number of benzene rings is 2. The minimum absolute atomic E-state index is 0.00789. The molecule has 0 unspecified atom stereocenters. The van der Waals surface area contributed by atoms with Gasteiger partial charge in [0.15, 0.2) is 5.75 Å². The molecule has 0 aliphatic carbocycles. The fourth-order valence-electron chi connectivity index (χ4n) is 1.61. The molecule has 0 amide bonds. The second kappa shape index (κ2) is 6.06. The first kappa shape index (κ1) is 15.8. The summed E-state index contributed by atoms with van der Waals surface area (Å²) in [5.74, 6) is -0.0249. The zero-order valence-corrected chi connectivity index (χ0v) is 14.0. The predicted octanol–water partition coefficient (Wildman–Crippen LogP) is 4.05. The van der Waals surface area contributed by atoms with Crippen LogP contribution in [0, 0.1) is 18.3 Å². The lowest BCUT2D eigenvalue weighted by molar-refractivity contribution is 0.485. The van der Waals surface area contributed by atoms with Crippen molar-refractivity contribution in [3.63, 3.8) is 0 Å². The van der Waals surface area contributed by atoms with E-state index < -0.39 is 10.1 Å². The molecular weight excluding hydrogens is 378 g/mol. The van der Waals surface area contributed by atoms with Crippen molar-refractivity contribution in [2.45, 2.75) is 11.8 Å². The number of aryl methyl sites for hydroxylation is 1. The van der Waals surface area contributed by atoms with Crippen molar-refractivity contribution in [2.75, 3.05) is 0 Å². The zero-order chi connectivity index (χ0) is 15.6. The van der Waals surface area contributed by atoms with Crippen LogP contribution < -0.4 is 4.18 Å². The summed E-state index contributed by atoms with van der Waals surface area (Å²) in [4.78, 5) is 0.00789. The van der Waals surface area contributed by atoms with E-state index in [1.165, 1.54) is 24.3 Å². The molecule has 0 saturated carbocycles. The average molecular weight is 387 g/mol. The largest absolute Gasteiger partial charge is 0.377 e. The van der Waals surface area contributed by atoms with Crippen molar-refractivity contribution >= 4 is 37.6 Å². The lowest BCUT2D eigenvalue weighted by Crippen LogP contribution is -2.11. The number of rotatable bonds is 3. The van der Waals surface area contributed by atoms with Crippen LogP contribution in [0.15, 0.2) is 45.8 Å². The average Bonchev–Trinajstić information content (AvgIpc) is 2.40. The summed E-state index contributed by atoms with van der Waals surface area (Å²) in [6.45, 7) is 1.85. The van der Waals surface area contributed by atoms with Crippen molar-refractivity contribution in [3.8, 4) is 11.8 Å². The topological polar surface area (TPSA) is 67.2 Å². The van der Waals surface area contributed by atoms with Crippen LogP contribution in [0.1, 0.15) is 11.1 Å². The Bertz CT molecular complexity index is 844. The van der Waals surface area contributed by atoms with E-state index in [1.54, 1.807) is 12.1 Å². The van der Waals surface area contributed by atoms with Crippen molar-refractivity contribution in [3.05, 3.63) is 57.0 Å². The Morgan fingerprint density at radius 2 is 1.95 bits per heavy atom. The van der Waals surface area contributed by atoms with Gasteiger partial charge in [0, 0.05) is 4.47 Å². The van der Waals surface area contributed by atoms with Gasteiger partial charge in [-0.1, -0.05) is 17.7 Å². The molecule has 0 fully saturated rings. The molecule has 0 spiro atoms. The number of halogens is 2. The SMILES string of the molecule is Cc1ccc(S(=O)(=O)Oc2ccc(C#N)cc2Cl)c(Br)c1. The lowest BCUT2D eigenvalue weighted by Gasteiger charge is -2.10. The molecule has 0 radical (unpaired) electrons. The molecular formula is C14H9BrClNO3S. The molecule has 0 saturated heterocycles. The molecule has 0 aliphatic heterocycles. The first-order chi connectivity index (χ1) is 9.83. The van der Waals surface area contributed by atoms with Crippen LogP contribution in [0.25, 0.3) is 0 Å². The molecule has 0 N–H and O–H groups in total. The first-order valence-electron chi connectivity index (χ1n) is 5.74. The van der Waals surface area contributed by atoms with Gasteiger partial charge < -0.3 is 4.18 Å². The highest BCUT2D eigenvalue weighted by molar-refractivity contribution is 9.10. The third-order valence-electron chi connectivity index (χ3n) is 2.62. The summed E-state index contributed by atoms with van der Waals surface area (Å²) in [6.07, 6.45) is 0. The zero-order valence-electron chi connectivity index (χ0n) is 10.8. The molecule has 0 aromatic heterocycles. The van der Waals surface area contributed by atoms with E-state index in [2.05, 4.69) is 15.9 Å². The second-order valence-corrected chi connectivity index (χ2v) is 7.00. The van der Waals surface area contributed by atoms with Crippen molar-refractivity contribution < 1.29 is 12.6 Å². The summed E-state index contributed by atoms with van der Waals surface area (Å²) >= 11 is 9.12. The summed E-state index contributed by atoms with van der Waals surface area (Å²) in [7, 11) is -4.02. The van der Waals surface area contributed by atoms with Crippen LogP contribution in [0.4, 0.5) is 0 Å². The van der Waals surface area contributed by atoms with Gasteiger partial charge in [-0.3, -0.25) is 0 Å². The highest BCUT2D eigenvalue weighted by Gasteiger charge is 2.21. The number of nitriles is 1. The van der Waals surface area contributed by atoms with Crippen molar-refractivity contribution in [1.82, 2.24) is 0 Å². The minimum Gasteiger partial charge on any atom is -0.377 e. The number of hydrogen-bond donors (Lipinski definition) is 0. The molecule has 21 heavy (non-hydrogen) atoms. The fourth-order valence-corrected chi connectivity index (χ4v) is 3.97. The van der Waals surface area contributed by atoms with E-state index in [0.29, 0.717) is 10.0 Å². The molecule has 0 bridgehead atoms. The van der Waals surface area contributed by atoms with Crippen LogP contribution in [-0.4, -0.2) is 8.42 Å². The van der Waals surface area contributed by atoms with Crippen molar-refractivity contribution in [2.24, 2.45) is 0 Å². The van der Waals surface area contributed by atoms with Crippen molar-refractivity contribution in [1.29, 1.82) is 5.26 Å². The Hall–Kier alpha value is -1.55. The predicted molar refractivity (Wildman–Crippen MR) is 82.9 cm³/mol. The smallest absolute Gasteiger partial charge is 0.340 e. The van der Waals surface area contributed by atoms with Gasteiger partial charge in [0.05, 0.1) is 16.7 Å². The highest BCUT2D eigenvalue weighted by atomic mass is 79.9. The Balaban J connectivity index is 2.40. The second-order valence-electron chi connectivity index (χ2n) is 4.23. The molecule has 0 heterocycles. The van der Waals surface area contributed by atoms with Crippen LogP contribution in [-0.2, 0) is 10.1 Å². The van der Waals surface area contributed by atoms with Gasteiger partial charge in [0.25, 0.3) is 0 Å². The Kier molecular flexibility index (Phi) is 4.57. The van der Waals surface area contributed by atoms with E-state index in [0.717, 1.165) is 5.56 Å². The molecule has 2 aromatic rings. The lowest BCUT2D eigenvalue weighted by atomic mass is 10.2. The third-order valence-corrected chi connectivity index (χ3v) is 5.12.